The highest BCUT2D eigenvalue weighted by Gasteiger charge is 2.31. The molecule has 1 amide bonds. The lowest BCUT2D eigenvalue weighted by molar-refractivity contribution is -0.130. The van der Waals surface area contributed by atoms with Gasteiger partial charge in [0.2, 0.25) is 5.91 Å². The van der Waals surface area contributed by atoms with Crippen molar-refractivity contribution < 1.29 is 17.6 Å². The highest BCUT2D eigenvalue weighted by atomic mass is 32.2. The average molecular weight is 323 g/mol. The number of rotatable bonds is 3. The summed E-state index contributed by atoms with van der Waals surface area (Å²) in [6, 6.07) is 6.52. The number of hydrogen-bond donors (Lipinski definition) is 0. The van der Waals surface area contributed by atoms with Gasteiger partial charge in [0.15, 0.2) is 9.84 Å². The second-order valence-electron chi connectivity index (χ2n) is 5.96. The van der Waals surface area contributed by atoms with E-state index in [4.69, 9.17) is 0 Å². The Morgan fingerprint density at radius 1 is 1.32 bits per heavy atom. The molecule has 1 unspecified atom stereocenters. The van der Waals surface area contributed by atoms with Crippen LogP contribution < -0.4 is 0 Å². The van der Waals surface area contributed by atoms with Crippen molar-refractivity contribution in [2.24, 2.45) is 5.92 Å². The number of benzene rings is 1. The summed E-state index contributed by atoms with van der Waals surface area (Å²) in [4.78, 5) is 13.9. The van der Waals surface area contributed by atoms with E-state index < -0.39 is 9.84 Å². The highest BCUT2D eigenvalue weighted by molar-refractivity contribution is 7.91. The number of carbonyl (C=O) groups is 1. The minimum Gasteiger partial charge on any atom is -0.335 e. The van der Waals surface area contributed by atoms with E-state index in [2.05, 4.69) is 0 Å². The van der Waals surface area contributed by atoms with E-state index in [1.807, 2.05) is 6.08 Å². The molecule has 0 spiro atoms. The Balaban J connectivity index is 1.60. The van der Waals surface area contributed by atoms with Gasteiger partial charge in [-0.1, -0.05) is 24.3 Å². The Morgan fingerprint density at radius 3 is 2.77 bits per heavy atom. The van der Waals surface area contributed by atoms with Crippen LogP contribution in [0.15, 0.2) is 30.3 Å². The van der Waals surface area contributed by atoms with Gasteiger partial charge in [-0.25, -0.2) is 12.8 Å². The van der Waals surface area contributed by atoms with Crippen LogP contribution >= 0.6 is 0 Å². The first-order valence-corrected chi connectivity index (χ1v) is 9.19. The van der Waals surface area contributed by atoms with Gasteiger partial charge in [0.1, 0.15) is 5.82 Å². The topological polar surface area (TPSA) is 54.5 Å². The maximum Gasteiger partial charge on any atom is 0.223 e. The number of nitrogens with zero attached hydrogens (tertiary/aromatic N) is 1. The molecule has 1 aromatic rings. The molecule has 2 aliphatic heterocycles. The van der Waals surface area contributed by atoms with Gasteiger partial charge in [0.25, 0.3) is 0 Å². The lowest BCUT2D eigenvalue weighted by Gasteiger charge is -2.18. The molecule has 0 N–H and O–H groups in total. The molecule has 22 heavy (non-hydrogen) atoms. The molecule has 1 aromatic carbocycles. The number of sulfone groups is 1. The third kappa shape index (κ3) is 3.21. The lowest BCUT2D eigenvalue weighted by Crippen LogP contribution is -2.30. The Labute approximate surface area is 129 Å². The van der Waals surface area contributed by atoms with Gasteiger partial charge in [-0.2, -0.15) is 0 Å². The third-order valence-electron chi connectivity index (χ3n) is 4.28. The van der Waals surface area contributed by atoms with Crippen LogP contribution in [0.1, 0.15) is 18.4 Å². The minimum absolute atomic E-state index is 0.0512. The van der Waals surface area contributed by atoms with Crippen LogP contribution in [-0.4, -0.2) is 43.8 Å². The zero-order valence-electron chi connectivity index (χ0n) is 12.2. The van der Waals surface area contributed by atoms with Gasteiger partial charge >= 0.3 is 0 Å². The number of halogens is 1. The molecule has 1 fully saturated rings. The Hall–Kier alpha value is -1.69. The van der Waals surface area contributed by atoms with Crippen LogP contribution in [0, 0.1) is 11.7 Å². The SMILES string of the molecule is O=C(CC1CCS(=O)(=O)C1)N1CC=C(c2ccccc2F)C1. The first kappa shape index (κ1) is 15.2. The number of hydrogen-bond acceptors (Lipinski definition) is 3. The van der Waals surface area contributed by atoms with Gasteiger partial charge in [-0.05, 0) is 24.0 Å². The zero-order valence-corrected chi connectivity index (χ0v) is 13.0. The largest absolute Gasteiger partial charge is 0.335 e. The van der Waals surface area contributed by atoms with Gasteiger partial charge in [0, 0.05) is 25.1 Å². The summed E-state index contributed by atoms with van der Waals surface area (Å²) in [7, 11) is -2.96. The lowest BCUT2D eigenvalue weighted by atomic mass is 10.0. The van der Waals surface area contributed by atoms with Crippen LogP contribution in [0.2, 0.25) is 0 Å². The molecule has 1 saturated heterocycles. The Morgan fingerprint density at radius 2 is 2.09 bits per heavy atom. The Bertz CT molecular complexity index is 727. The molecule has 6 heteroatoms. The van der Waals surface area contributed by atoms with E-state index in [1.54, 1.807) is 23.1 Å². The van der Waals surface area contributed by atoms with Gasteiger partial charge in [-0.3, -0.25) is 4.79 Å². The first-order valence-electron chi connectivity index (χ1n) is 7.37. The summed E-state index contributed by atoms with van der Waals surface area (Å²) < 4.78 is 36.7. The van der Waals surface area contributed by atoms with Gasteiger partial charge in [-0.15, -0.1) is 0 Å². The average Bonchev–Trinajstić information content (AvgIpc) is 3.06. The molecule has 118 valence electrons. The summed E-state index contributed by atoms with van der Waals surface area (Å²) in [6.45, 7) is 0.848. The number of carbonyl (C=O) groups excluding carboxylic acids is 1. The monoisotopic (exact) mass is 323 g/mol. The van der Waals surface area contributed by atoms with Crippen molar-refractivity contribution >= 4 is 21.3 Å². The van der Waals surface area contributed by atoms with E-state index in [0.717, 1.165) is 5.57 Å². The highest BCUT2D eigenvalue weighted by Crippen LogP contribution is 2.26. The van der Waals surface area contributed by atoms with E-state index in [1.165, 1.54) is 6.07 Å². The standard InChI is InChI=1S/C16H18FNO3S/c17-15-4-2-1-3-14(15)13-5-7-18(10-13)16(19)9-12-6-8-22(20,21)11-12/h1-5,12H,6-11H2. The van der Waals surface area contributed by atoms with Crippen LogP contribution in [0.3, 0.4) is 0 Å². The summed E-state index contributed by atoms with van der Waals surface area (Å²) in [5, 5.41) is 0. The van der Waals surface area contributed by atoms with Crippen LogP contribution in [0.25, 0.3) is 5.57 Å². The van der Waals surface area contributed by atoms with Crippen LogP contribution in [-0.2, 0) is 14.6 Å². The molecule has 0 aliphatic carbocycles. The molecule has 0 saturated carbocycles. The normalized spacial score (nSPS) is 23.6. The minimum atomic E-state index is -2.96. The van der Waals surface area contributed by atoms with Crippen molar-refractivity contribution in [1.29, 1.82) is 0 Å². The van der Waals surface area contributed by atoms with E-state index >= 15 is 0 Å². The fraction of sp³-hybridized carbons (Fsp3) is 0.438. The summed E-state index contributed by atoms with van der Waals surface area (Å²) in [6.07, 6.45) is 2.69. The fourth-order valence-corrected chi connectivity index (χ4v) is 4.93. The van der Waals surface area contributed by atoms with Crippen molar-refractivity contribution in [2.75, 3.05) is 24.6 Å². The van der Waals surface area contributed by atoms with E-state index in [0.29, 0.717) is 25.1 Å². The molecule has 0 radical (unpaired) electrons. The predicted molar refractivity (Wildman–Crippen MR) is 82.3 cm³/mol. The molecular formula is C16H18FNO3S. The molecule has 2 aliphatic rings. The number of amides is 1. The van der Waals surface area contributed by atoms with Gasteiger partial charge in [0.05, 0.1) is 11.5 Å². The quantitative estimate of drug-likeness (QED) is 0.853. The second-order valence-corrected chi connectivity index (χ2v) is 8.19. The summed E-state index contributed by atoms with van der Waals surface area (Å²) >= 11 is 0. The maximum absolute atomic E-state index is 13.8. The van der Waals surface area contributed by atoms with E-state index in [-0.39, 0.29) is 35.6 Å². The first-order chi connectivity index (χ1) is 10.4. The predicted octanol–water partition coefficient (Wildman–Crippen LogP) is 1.88. The van der Waals surface area contributed by atoms with Crippen molar-refractivity contribution in [1.82, 2.24) is 4.90 Å². The van der Waals surface area contributed by atoms with Gasteiger partial charge < -0.3 is 4.90 Å². The van der Waals surface area contributed by atoms with Crippen molar-refractivity contribution in [3.05, 3.63) is 41.7 Å². The molecule has 2 heterocycles. The fourth-order valence-electron chi connectivity index (χ4n) is 3.07. The van der Waals surface area contributed by atoms with Crippen molar-refractivity contribution in [3.8, 4) is 0 Å². The van der Waals surface area contributed by atoms with Crippen LogP contribution in [0.4, 0.5) is 4.39 Å². The maximum atomic E-state index is 13.8. The van der Waals surface area contributed by atoms with Crippen molar-refractivity contribution in [3.63, 3.8) is 0 Å². The molecule has 1 atom stereocenters. The third-order valence-corrected chi connectivity index (χ3v) is 6.12. The van der Waals surface area contributed by atoms with Crippen molar-refractivity contribution in [2.45, 2.75) is 12.8 Å². The molecule has 3 rings (SSSR count). The second kappa shape index (κ2) is 5.83. The molecule has 4 nitrogen and oxygen atoms in total. The van der Waals surface area contributed by atoms with Crippen LogP contribution in [0.5, 0.6) is 0 Å². The molecular weight excluding hydrogens is 305 g/mol. The smallest absolute Gasteiger partial charge is 0.223 e. The Kier molecular flexibility index (Phi) is 4.04. The summed E-state index contributed by atoms with van der Waals surface area (Å²) in [5.41, 5.74) is 1.34. The zero-order chi connectivity index (χ0) is 15.7. The molecule has 0 aromatic heterocycles. The summed E-state index contributed by atoms with van der Waals surface area (Å²) in [5.74, 6) is -0.117. The van der Waals surface area contributed by atoms with E-state index in [9.17, 15) is 17.6 Å². The molecule has 0 bridgehead atoms.